The number of hydrogen-bond donors (Lipinski definition) is 0. The Kier molecular flexibility index (Phi) is 5.09. The van der Waals surface area contributed by atoms with Gasteiger partial charge in [-0.25, -0.2) is 0 Å². The average molecular weight is 322 g/mol. The number of likely N-dealkylation sites (tertiary alicyclic amines) is 1. The highest BCUT2D eigenvalue weighted by atomic mass is 16.5. The summed E-state index contributed by atoms with van der Waals surface area (Å²) in [5.74, 6) is 0.942. The van der Waals surface area contributed by atoms with E-state index in [0.717, 1.165) is 57.1 Å². The molecule has 2 atom stereocenters. The van der Waals surface area contributed by atoms with Crippen molar-refractivity contribution in [3.8, 4) is 0 Å². The molecular formula is C18H30N2O3. The van der Waals surface area contributed by atoms with Crippen molar-refractivity contribution in [1.82, 2.24) is 10.1 Å². The molecule has 130 valence electrons. The fourth-order valence-corrected chi connectivity index (χ4v) is 4.01. The van der Waals surface area contributed by atoms with Crippen molar-refractivity contribution >= 4 is 0 Å². The molecule has 5 nitrogen and oxygen atoms in total. The third-order valence-electron chi connectivity index (χ3n) is 5.33. The fraction of sp³-hybridized carbons (Fsp3) is 0.833. The van der Waals surface area contributed by atoms with Gasteiger partial charge in [0.25, 0.3) is 0 Å². The summed E-state index contributed by atoms with van der Waals surface area (Å²) in [5.41, 5.74) is 2.39. The summed E-state index contributed by atoms with van der Waals surface area (Å²) in [5, 5.41) is 4.09. The van der Waals surface area contributed by atoms with Gasteiger partial charge in [-0.2, -0.15) is 0 Å². The van der Waals surface area contributed by atoms with E-state index in [2.05, 4.69) is 23.9 Å². The predicted octanol–water partition coefficient (Wildman–Crippen LogP) is 3.09. The number of hydrogen-bond acceptors (Lipinski definition) is 5. The Labute approximate surface area is 139 Å². The molecular weight excluding hydrogens is 292 g/mol. The Morgan fingerprint density at radius 3 is 2.91 bits per heavy atom. The zero-order valence-electron chi connectivity index (χ0n) is 14.9. The van der Waals surface area contributed by atoms with E-state index in [0.29, 0.717) is 6.10 Å². The van der Waals surface area contributed by atoms with Gasteiger partial charge in [-0.1, -0.05) is 5.16 Å². The van der Waals surface area contributed by atoms with Crippen LogP contribution in [0.4, 0.5) is 0 Å². The van der Waals surface area contributed by atoms with E-state index in [4.69, 9.17) is 14.0 Å². The Hall–Kier alpha value is -0.910. The average Bonchev–Trinajstić information content (AvgIpc) is 2.85. The zero-order valence-corrected chi connectivity index (χ0v) is 14.9. The van der Waals surface area contributed by atoms with Crippen LogP contribution in [-0.2, 0) is 16.0 Å². The maximum absolute atomic E-state index is 6.11. The van der Waals surface area contributed by atoms with Crippen molar-refractivity contribution in [3.05, 3.63) is 17.0 Å². The molecule has 2 saturated heterocycles. The number of ether oxygens (including phenoxy) is 2. The maximum Gasteiger partial charge on any atom is 0.138 e. The van der Waals surface area contributed by atoms with Crippen LogP contribution in [0, 0.1) is 19.3 Å². The van der Waals surface area contributed by atoms with Crippen LogP contribution in [0.1, 0.15) is 50.1 Å². The van der Waals surface area contributed by atoms with Crippen LogP contribution >= 0.6 is 0 Å². The molecule has 3 rings (SSSR count). The van der Waals surface area contributed by atoms with E-state index in [-0.39, 0.29) is 11.5 Å². The smallest absolute Gasteiger partial charge is 0.138 e. The molecule has 5 heteroatoms. The van der Waals surface area contributed by atoms with Gasteiger partial charge < -0.3 is 14.0 Å². The van der Waals surface area contributed by atoms with Crippen LogP contribution in [0.2, 0.25) is 0 Å². The number of rotatable bonds is 5. The lowest BCUT2D eigenvalue weighted by atomic mass is 9.73. The van der Waals surface area contributed by atoms with E-state index >= 15 is 0 Å². The Balaban J connectivity index is 1.72. The second-order valence-electron chi connectivity index (χ2n) is 7.49. The highest BCUT2D eigenvalue weighted by molar-refractivity contribution is 5.20. The third kappa shape index (κ3) is 3.62. The Morgan fingerprint density at radius 2 is 2.22 bits per heavy atom. The van der Waals surface area contributed by atoms with Gasteiger partial charge in [-0.3, -0.25) is 4.90 Å². The van der Waals surface area contributed by atoms with Gasteiger partial charge in [0.15, 0.2) is 0 Å². The Morgan fingerprint density at radius 1 is 1.39 bits per heavy atom. The molecule has 0 aromatic carbocycles. The van der Waals surface area contributed by atoms with Crippen molar-refractivity contribution in [2.45, 2.75) is 65.7 Å². The van der Waals surface area contributed by atoms with Crippen molar-refractivity contribution in [2.75, 3.05) is 26.3 Å². The van der Waals surface area contributed by atoms with Gasteiger partial charge >= 0.3 is 0 Å². The highest BCUT2D eigenvalue weighted by Crippen LogP contribution is 2.41. The lowest BCUT2D eigenvalue weighted by Gasteiger charge is -2.50. The summed E-state index contributed by atoms with van der Waals surface area (Å²) in [6, 6.07) is 0. The molecule has 23 heavy (non-hydrogen) atoms. The number of fused-ring (bicyclic) bond motifs is 1. The molecule has 0 aliphatic carbocycles. The van der Waals surface area contributed by atoms with Crippen LogP contribution < -0.4 is 0 Å². The first-order valence-electron chi connectivity index (χ1n) is 8.87. The molecule has 2 aliphatic heterocycles. The number of piperidine rings is 1. The minimum absolute atomic E-state index is 0.139. The summed E-state index contributed by atoms with van der Waals surface area (Å²) in [4.78, 5) is 2.53. The van der Waals surface area contributed by atoms with Crippen molar-refractivity contribution in [1.29, 1.82) is 0 Å². The summed E-state index contributed by atoms with van der Waals surface area (Å²) in [7, 11) is 0. The lowest BCUT2D eigenvalue weighted by molar-refractivity contribution is -0.159. The second-order valence-corrected chi connectivity index (χ2v) is 7.49. The van der Waals surface area contributed by atoms with Crippen LogP contribution in [-0.4, -0.2) is 48.6 Å². The molecule has 0 saturated carbocycles. The molecule has 0 radical (unpaired) electrons. The van der Waals surface area contributed by atoms with Gasteiger partial charge in [0, 0.05) is 37.2 Å². The molecule has 0 amide bonds. The molecule has 1 aromatic heterocycles. The fourth-order valence-electron chi connectivity index (χ4n) is 4.01. The molecule has 2 aliphatic rings. The number of nitrogens with zero attached hydrogens (tertiary/aromatic N) is 2. The van der Waals surface area contributed by atoms with E-state index in [1.54, 1.807) is 0 Å². The standard InChI is InChI=1S/C18H30N2O3/c1-13(2)22-12-18-7-5-9-21-17(18)6-8-20(11-18)10-16-14(3)19-23-15(16)4/h13,17H,5-12H2,1-4H3/t17-,18+/m0/s1. The minimum Gasteiger partial charge on any atom is -0.378 e. The molecule has 0 bridgehead atoms. The molecule has 0 unspecified atom stereocenters. The van der Waals surface area contributed by atoms with Crippen LogP contribution in [0.25, 0.3) is 0 Å². The van der Waals surface area contributed by atoms with Gasteiger partial charge in [0.1, 0.15) is 5.76 Å². The number of aromatic nitrogens is 1. The lowest BCUT2D eigenvalue weighted by Crippen LogP contribution is -2.56. The first-order valence-corrected chi connectivity index (χ1v) is 8.87. The van der Waals surface area contributed by atoms with Gasteiger partial charge in [-0.15, -0.1) is 0 Å². The predicted molar refractivity (Wildman–Crippen MR) is 88.4 cm³/mol. The zero-order chi connectivity index (χ0) is 16.4. The topological polar surface area (TPSA) is 47.7 Å². The van der Waals surface area contributed by atoms with Gasteiger partial charge in [0.2, 0.25) is 0 Å². The first-order chi connectivity index (χ1) is 11.0. The van der Waals surface area contributed by atoms with Crippen molar-refractivity contribution < 1.29 is 14.0 Å². The Bertz CT molecular complexity index is 509. The minimum atomic E-state index is 0.139. The molecule has 3 heterocycles. The van der Waals surface area contributed by atoms with Crippen molar-refractivity contribution in [2.24, 2.45) is 5.41 Å². The van der Waals surface area contributed by atoms with E-state index in [9.17, 15) is 0 Å². The summed E-state index contributed by atoms with van der Waals surface area (Å²) < 4.78 is 17.5. The summed E-state index contributed by atoms with van der Waals surface area (Å²) in [6.07, 6.45) is 4.03. The van der Waals surface area contributed by atoms with E-state index in [1.807, 2.05) is 13.8 Å². The number of aryl methyl sites for hydroxylation is 2. The third-order valence-corrected chi connectivity index (χ3v) is 5.33. The van der Waals surface area contributed by atoms with E-state index < -0.39 is 0 Å². The quantitative estimate of drug-likeness (QED) is 0.834. The van der Waals surface area contributed by atoms with Crippen molar-refractivity contribution in [3.63, 3.8) is 0 Å². The van der Waals surface area contributed by atoms with E-state index in [1.165, 1.54) is 12.0 Å². The largest absolute Gasteiger partial charge is 0.378 e. The monoisotopic (exact) mass is 322 g/mol. The second kappa shape index (κ2) is 6.91. The first kappa shape index (κ1) is 16.9. The van der Waals surface area contributed by atoms with Crippen LogP contribution in [0.15, 0.2) is 4.52 Å². The maximum atomic E-state index is 6.11. The highest BCUT2D eigenvalue weighted by Gasteiger charge is 2.46. The van der Waals surface area contributed by atoms with Crippen LogP contribution in [0.3, 0.4) is 0 Å². The van der Waals surface area contributed by atoms with Gasteiger partial charge in [-0.05, 0) is 47.0 Å². The SMILES string of the molecule is Cc1noc(C)c1CN1CC[C@@H]2OCCC[C@]2(COC(C)C)C1. The molecule has 0 spiro atoms. The molecule has 0 N–H and O–H groups in total. The molecule has 2 fully saturated rings. The summed E-state index contributed by atoms with van der Waals surface area (Å²) >= 11 is 0. The normalized spacial score (nSPS) is 29.0. The van der Waals surface area contributed by atoms with Crippen LogP contribution in [0.5, 0.6) is 0 Å². The van der Waals surface area contributed by atoms with Gasteiger partial charge in [0.05, 0.1) is 24.5 Å². The summed E-state index contributed by atoms with van der Waals surface area (Å²) in [6.45, 7) is 13.0. The molecule has 1 aromatic rings.